The molecule has 3 rings (SSSR count). The van der Waals surface area contributed by atoms with Gasteiger partial charge in [0.2, 0.25) is 5.95 Å². The lowest BCUT2D eigenvalue weighted by molar-refractivity contribution is 0.260. The molecule has 1 aliphatic heterocycles. The molecule has 1 atom stereocenters. The molecule has 1 N–H and O–H groups in total. The Labute approximate surface area is 104 Å². The summed E-state index contributed by atoms with van der Waals surface area (Å²) in [6.45, 7) is 0.485. The third-order valence-corrected chi connectivity index (χ3v) is 2.89. The van der Waals surface area contributed by atoms with Crippen LogP contribution in [0.1, 0.15) is 18.0 Å². The lowest BCUT2D eigenvalue weighted by Gasteiger charge is -2.26. The van der Waals surface area contributed by atoms with Gasteiger partial charge in [-0.3, -0.25) is 0 Å². The van der Waals surface area contributed by atoms with Crippen LogP contribution in [0.25, 0.3) is 0 Å². The number of nitrogens with one attached hydrogen (secondary N) is 1. The van der Waals surface area contributed by atoms with E-state index in [0.29, 0.717) is 18.3 Å². The van der Waals surface area contributed by atoms with Crippen LogP contribution < -0.4 is 10.1 Å². The van der Waals surface area contributed by atoms with E-state index in [4.69, 9.17) is 4.74 Å². The summed E-state index contributed by atoms with van der Waals surface area (Å²) in [5.74, 6) is 0.546. The van der Waals surface area contributed by atoms with Crippen LogP contribution in [0.15, 0.2) is 36.7 Å². The van der Waals surface area contributed by atoms with E-state index in [1.54, 1.807) is 24.5 Å². The highest BCUT2D eigenvalue weighted by atomic mass is 19.1. The molecule has 0 spiro atoms. The van der Waals surface area contributed by atoms with Crippen LogP contribution in [-0.2, 0) is 0 Å². The van der Waals surface area contributed by atoms with Crippen LogP contribution in [0.2, 0.25) is 0 Å². The molecule has 1 aromatic heterocycles. The standard InChI is InChI=1S/C13H12FN3O/c14-10-4-1-3-9-11(5-8-18-12(9)10)17-13-15-6-2-7-16-13/h1-4,6-7,11H,5,8H2,(H,15,16,17)/t11-/m0/s1. The lowest BCUT2D eigenvalue weighted by Crippen LogP contribution is -2.22. The van der Waals surface area contributed by atoms with Crippen molar-refractivity contribution in [3.8, 4) is 5.75 Å². The first kappa shape index (κ1) is 11.0. The average Bonchev–Trinajstić information content (AvgIpc) is 2.41. The predicted molar refractivity (Wildman–Crippen MR) is 64.9 cm³/mol. The summed E-state index contributed by atoms with van der Waals surface area (Å²) >= 11 is 0. The van der Waals surface area contributed by atoms with Crippen LogP contribution in [0.4, 0.5) is 10.3 Å². The van der Waals surface area contributed by atoms with Gasteiger partial charge in [0.25, 0.3) is 0 Å². The summed E-state index contributed by atoms with van der Waals surface area (Å²) in [5.41, 5.74) is 0.814. The number of aromatic nitrogens is 2. The van der Waals surface area contributed by atoms with Crippen molar-refractivity contribution < 1.29 is 9.13 Å². The summed E-state index contributed by atoms with van der Waals surface area (Å²) < 4.78 is 19.0. The van der Waals surface area contributed by atoms with Crippen LogP contribution in [0.3, 0.4) is 0 Å². The van der Waals surface area contributed by atoms with Crippen LogP contribution in [0.5, 0.6) is 5.75 Å². The molecule has 0 bridgehead atoms. The second kappa shape index (κ2) is 4.60. The van der Waals surface area contributed by atoms with Gasteiger partial charge >= 0.3 is 0 Å². The summed E-state index contributed by atoms with van der Waals surface area (Å²) in [4.78, 5) is 8.22. The highest BCUT2D eigenvalue weighted by molar-refractivity contribution is 5.42. The van der Waals surface area contributed by atoms with Gasteiger partial charge in [0, 0.05) is 24.4 Å². The highest BCUT2D eigenvalue weighted by Crippen LogP contribution is 2.35. The Kier molecular flexibility index (Phi) is 2.80. The number of ether oxygens (including phenoxy) is 1. The number of halogens is 1. The summed E-state index contributed by atoms with van der Waals surface area (Å²) in [5, 5.41) is 3.20. The lowest BCUT2D eigenvalue weighted by atomic mass is 10.0. The van der Waals surface area contributed by atoms with Gasteiger partial charge in [-0.15, -0.1) is 0 Å². The summed E-state index contributed by atoms with van der Waals surface area (Å²) in [6, 6.07) is 6.68. The first-order valence-corrected chi connectivity index (χ1v) is 5.79. The van der Waals surface area contributed by atoms with Gasteiger partial charge in [-0.25, -0.2) is 14.4 Å². The molecule has 0 saturated heterocycles. The third kappa shape index (κ3) is 1.99. The molecule has 2 aromatic rings. The molecule has 2 heterocycles. The Balaban J connectivity index is 1.90. The number of benzene rings is 1. The SMILES string of the molecule is Fc1cccc2c1OCC[C@@H]2Nc1ncccn1. The van der Waals surface area contributed by atoms with Gasteiger partial charge in [-0.2, -0.15) is 0 Å². The molecule has 0 aliphatic carbocycles. The zero-order valence-electron chi connectivity index (χ0n) is 9.64. The van der Waals surface area contributed by atoms with Crippen molar-refractivity contribution in [2.75, 3.05) is 11.9 Å². The van der Waals surface area contributed by atoms with Gasteiger partial charge in [0.05, 0.1) is 12.6 Å². The Bertz CT molecular complexity index is 547. The van der Waals surface area contributed by atoms with Crippen LogP contribution in [0, 0.1) is 5.82 Å². The molecular weight excluding hydrogens is 233 g/mol. The van der Waals surface area contributed by atoms with Crippen molar-refractivity contribution in [3.63, 3.8) is 0 Å². The van der Waals surface area contributed by atoms with Gasteiger partial charge in [-0.05, 0) is 12.1 Å². The van der Waals surface area contributed by atoms with E-state index in [1.165, 1.54) is 6.07 Å². The van der Waals surface area contributed by atoms with E-state index in [1.807, 2.05) is 6.07 Å². The molecule has 5 heteroatoms. The van der Waals surface area contributed by atoms with Crippen molar-refractivity contribution in [3.05, 3.63) is 48.0 Å². The minimum Gasteiger partial charge on any atom is -0.490 e. The molecule has 18 heavy (non-hydrogen) atoms. The number of rotatable bonds is 2. The van der Waals surface area contributed by atoms with Crippen molar-refractivity contribution in [2.24, 2.45) is 0 Å². The highest BCUT2D eigenvalue weighted by Gasteiger charge is 2.24. The second-order valence-electron chi connectivity index (χ2n) is 4.06. The van der Waals surface area contributed by atoms with Gasteiger partial charge in [0.1, 0.15) is 0 Å². The maximum Gasteiger partial charge on any atom is 0.223 e. The number of nitrogens with zero attached hydrogens (tertiary/aromatic N) is 2. The van der Waals surface area contributed by atoms with Gasteiger partial charge in [-0.1, -0.05) is 12.1 Å². The smallest absolute Gasteiger partial charge is 0.223 e. The van der Waals surface area contributed by atoms with E-state index >= 15 is 0 Å². The summed E-state index contributed by atoms with van der Waals surface area (Å²) in [7, 11) is 0. The summed E-state index contributed by atoms with van der Waals surface area (Å²) in [6.07, 6.45) is 4.09. The number of hydrogen-bond donors (Lipinski definition) is 1. The van der Waals surface area contributed by atoms with E-state index in [-0.39, 0.29) is 11.9 Å². The fourth-order valence-electron chi connectivity index (χ4n) is 2.07. The van der Waals surface area contributed by atoms with Crippen LogP contribution in [-0.4, -0.2) is 16.6 Å². The minimum absolute atomic E-state index is 0.0214. The molecule has 0 fully saturated rings. The predicted octanol–water partition coefficient (Wildman–Crippen LogP) is 2.55. The zero-order valence-corrected chi connectivity index (χ0v) is 9.64. The molecule has 1 aliphatic rings. The number of fused-ring (bicyclic) bond motifs is 1. The quantitative estimate of drug-likeness (QED) is 0.883. The molecular formula is C13H12FN3O. The topological polar surface area (TPSA) is 47.0 Å². The first-order chi connectivity index (χ1) is 8.84. The second-order valence-corrected chi connectivity index (χ2v) is 4.06. The monoisotopic (exact) mass is 245 g/mol. The van der Waals surface area contributed by atoms with E-state index < -0.39 is 0 Å². The molecule has 4 nitrogen and oxygen atoms in total. The largest absolute Gasteiger partial charge is 0.490 e. The maximum atomic E-state index is 13.6. The molecule has 0 saturated carbocycles. The van der Waals surface area contributed by atoms with Crippen LogP contribution >= 0.6 is 0 Å². The third-order valence-electron chi connectivity index (χ3n) is 2.89. The Hall–Kier alpha value is -2.17. The average molecular weight is 245 g/mol. The number of para-hydroxylation sites is 1. The van der Waals surface area contributed by atoms with Gasteiger partial charge in [0.15, 0.2) is 11.6 Å². The fraction of sp³-hybridized carbons (Fsp3) is 0.231. The number of hydrogen-bond acceptors (Lipinski definition) is 4. The van der Waals surface area contributed by atoms with Crippen molar-refractivity contribution in [1.29, 1.82) is 0 Å². The zero-order chi connectivity index (χ0) is 12.4. The molecule has 1 aromatic carbocycles. The van der Waals surface area contributed by atoms with Crippen molar-refractivity contribution in [2.45, 2.75) is 12.5 Å². The Morgan fingerprint density at radius 3 is 2.89 bits per heavy atom. The fourth-order valence-corrected chi connectivity index (χ4v) is 2.07. The van der Waals surface area contributed by atoms with Gasteiger partial charge < -0.3 is 10.1 Å². The Morgan fingerprint density at radius 1 is 1.22 bits per heavy atom. The molecule has 92 valence electrons. The molecule has 0 radical (unpaired) electrons. The Morgan fingerprint density at radius 2 is 2.06 bits per heavy atom. The van der Waals surface area contributed by atoms with Crippen molar-refractivity contribution in [1.82, 2.24) is 9.97 Å². The number of anilines is 1. The molecule has 0 unspecified atom stereocenters. The molecule has 0 amide bonds. The van der Waals surface area contributed by atoms with E-state index in [9.17, 15) is 4.39 Å². The normalized spacial score (nSPS) is 17.7. The van der Waals surface area contributed by atoms with E-state index in [0.717, 1.165) is 12.0 Å². The first-order valence-electron chi connectivity index (χ1n) is 5.79. The van der Waals surface area contributed by atoms with Crippen molar-refractivity contribution >= 4 is 5.95 Å². The minimum atomic E-state index is -0.326. The van der Waals surface area contributed by atoms with E-state index in [2.05, 4.69) is 15.3 Å². The maximum absolute atomic E-state index is 13.6.